The van der Waals surface area contributed by atoms with Crippen LogP contribution >= 0.6 is 0 Å². The predicted octanol–water partition coefficient (Wildman–Crippen LogP) is 2.77. The van der Waals surface area contributed by atoms with Crippen molar-refractivity contribution in [1.82, 2.24) is 24.1 Å². The molecule has 0 amide bonds. The number of carbonyl (C=O) groups excluding carboxylic acids is 1. The summed E-state index contributed by atoms with van der Waals surface area (Å²) in [5.74, 6) is -0.370. The van der Waals surface area contributed by atoms with Crippen LogP contribution in [0.1, 0.15) is 24.7 Å². The van der Waals surface area contributed by atoms with Crippen LogP contribution in [0.15, 0.2) is 47.3 Å². The monoisotopic (exact) mass is 432 g/mol. The highest BCUT2D eigenvalue weighted by Gasteiger charge is 2.22. The number of esters is 1. The Kier molecular flexibility index (Phi) is 5.72. The number of rotatable bonds is 6. The van der Waals surface area contributed by atoms with E-state index < -0.39 is 11.7 Å². The molecular weight excluding hydrogens is 408 g/mol. The Morgan fingerprint density at radius 1 is 1.06 bits per heavy atom. The van der Waals surface area contributed by atoms with Crippen LogP contribution in [0.2, 0.25) is 0 Å². The second-order valence-electron chi connectivity index (χ2n) is 7.42. The van der Waals surface area contributed by atoms with Gasteiger partial charge in [-0.05, 0) is 38.5 Å². The molecule has 4 rings (SSSR count). The lowest BCUT2D eigenvalue weighted by Crippen LogP contribution is -2.24. The van der Waals surface area contributed by atoms with Gasteiger partial charge in [0.15, 0.2) is 5.65 Å². The molecule has 0 bridgehead atoms. The minimum absolute atomic E-state index is 0.0255. The van der Waals surface area contributed by atoms with Crippen LogP contribution in [0.4, 0.5) is 5.95 Å². The van der Waals surface area contributed by atoms with Crippen molar-refractivity contribution in [2.75, 3.05) is 12.3 Å². The normalized spacial score (nSPS) is 11.1. The summed E-state index contributed by atoms with van der Waals surface area (Å²) in [5.41, 5.74) is 10.7. The zero-order valence-electron chi connectivity index (χ0n) is 18.2. The second kappa shape index (κ2) is 8.62. The van der Waals surface area contributed by atoms with Gasteiger partial charge in [0.2, 0.25) is 5.95 Å². The van der Waals surface area contributed by atoms with E-state index in [1.54, 1.807) is 6.92 Å². The number of nitrogens with two attached hydrogens (primary N) is 1. The quantitative estimate of drug-likeness (QED) is 0.466. The number of ether oxygens (including phenoxy) is 1. The Morgan fingerprint density at radius 2 is 1.75 bits per heavy atom. The molecule has 3 heterocycles. The molecule has 0 aliphatic carbocycles. The topological polar surface area (TPSA) is 117 Å². The van der Waals surface area contributed by atoms with E-state index in [1.807, 2.05) is 56.3 Å². The number of aromatic nitrogens is 5. The summed E-state index contributed by atoms with van der Waals surface area (Å²) in [6.45, 7) is 5.90. The highest BCUT2D eigenvalue weighted by Crippen LogP contribution is 2.34. The van der Waals surface area contributed by atoms with E-state index in [0.29, 0.717) is 16.9 Å². The minimum atomic E-state index is -0.460. The van der Waals surface area contributed by atoms with Gasteiger partial charge in [-0.25, -0.2) is 18.9 Å². The fourth-order valence-corrected chi connectivity index (χ4v) is 3.73. The summed E-state index contributed by atoms with van der Waals surface area (Å²) < 4.78 is 7.47. The van der Waals surface area contributed by atoms with Gasteiger partial charge >= 0.3 is 11.7 Å². The fraction of sp³-hybridized carbons (Fsp3) is 0.261. The molecule has 0 saturated carbocycles. The number of benzene rings is 1. The summed E-state index contributed by atoms with van der Waals surface area (Å²) in [6.07, 6.45) is 0.0271. The van der Waals surface area contributed by atoms with Crippen molar-refractivity contribution in [3.63, 3.8) is 0 Å². The molecule has 3 aromatic heterocycles. The summed E-state index contributed by atoms with van der Waals surface area (Å²) in [5, 5.41) is 4.55. The Hall–Kier alpha value is -4.01. The van der Waals surface area contributed by atoms with E-state index in [-0.39, 0.29) is 25.5 Å². The van der Waals surface area contributed by atoms with Gasteiger partial charge in [0.25, 0.3) is 0 Å². The van der Waals surface area contributed by atoms with Gasteiger partial charge in [0.05, 0.1) is 30.8 Å². The molecule has 0 spiro atoms. The van der Waals surface area contributed by atoms with Crippen molar-refractivity contribution in [2.24, 2.45) is 0 Å². The number of aryl methyl sites for hydroxylation is 3. The van der Waals surface area contributed by atoms with Gasteiger partial charge < -0.3 is 10.5 Å². The fourth-order valence-electron chi connectivity index (χ4n) is 3.73. The van der Waals surface area contributed by atoms with Gasteiger partial charge in [0.1, 0.15) is 0 Å². The number of hydrogen-bond donors (Lipinski definition) is 1. The maximum Gasteiger partial charge on any atom is 0.353 e. The summed E-state index contributed by atoms with van der Waals surface area (Å²) >= 11 is 0. The van der Waals surface area contributed by atoms with Crippen molar-refractivity contribution in [3.8, 4) is 22.4 Å². The number of fused-ring (bicyclic) bond motifs is 1. The van der Waals surface area contributed by atoms with Gasteiger partial charge in [0, 0.05) is 17.0 Å². The molecule has 2 N–H and O–H groups in total. The molecule has 0 aliphatic heterocycles. The van der Waals surface area contributed by atoms with E-state index in [0.717, 1.165) is 22.5 Å². The summed E-state index contributed by atoms with van der Waals surface area (Å²) in [7, 11) is 0. The molecule has 0 fully saturated rings. The summed E-state index contributed by atoms with van der Waals surface area (Å²) in [4.78, 5) is 33.9. The minimum Gasteiger partial charge on any atom is -0.466 e. The number of pyridine rings is 1. The van der Waals surface area contributed by atoms with Crippen molar-refractivity contribution in [1.29, 1.82) is 0 Å². The molecule has 9 heteroatoms. The van der Waals surface area contributed by atoms with E-state index in [1.165, 1.54) is 9.08 Å². The maximum atomic E-state index is 13.1. The van der Waals surface area contributed by atoms with Crippen molar-refractivity contribution in [3.05, 3.63) is 64.3 Å². The molecule has 0 unspecified atom stereocenters. The molecule has 1 aromatic carbocycles. The Morgan fingerprint density at radius 3 is 2.41 bits per heavy atom. The zero-order chi connectivity index (χ0) is 22.8. The lowest BCUT2D eigenvalue weighted by Gasteiger charge is -2.13. The number of anilines is 1. The third-order valence-corrected chi connectivity index (χ3v) is 5.01. The van der Waals surface area contributed by atoms with Crippen molar-refractivity contribution < 1.29 is 9.53 Å². The molecule has 4 aromatic rings. The lowest BCUT2D eigenvalue weighted by molar-refractivity contribution is -0.143. The van der Waals surface area contributed by atoms with E-state index in [4.69, 9.17) is 10.5 Å². The SMILES string of the molecule is CCOC(=O)CCn1nc2c(-c3cc(C)nc(C)c3)c(-c3ccccc3)nc(N)n2c1=O. The number of nitrogens with zero attached hydrogens (tertiary/aromatic N) is 5. The molecule has 0 radical (unpaired) electrons. The van der Waals surface area contributed by atoms with Gasteiger partial charge in [-0.15, -0.1) is 5.10 Å². The van der Waals surface area contributed by atoms with Gasteiger partial charge in [-0.1, -0.05) is 30.3 Å². The Balaban J connectivity index is 1.98. The summed E-state index contributed by atoms with van der Waals surface area (Å²) in [6, 6.07) is 13.4. The Bertz CT molecular complexity index is 1340. The molecule has 164 valence electrons. The number of carbonyl (C=O) groups is 1. The lowest BCUT2D eigenvalue weighted by atomic mass is 9.99. The van der Waals surface area contributed by atoms with Crippen LogP contribution in [0, 0.1) is 13.8 Å². The van der Waals surface area contributed by atoms with Gasteiger partial charge in [-0.3, -0.25) is 9.78 Å². The smallest absolute Gasteiger partial charge is 0.353 e. The number of hydrogen-bond acceptors (Lipinski definition) is 7. The standard InChI is InChI=1S/C23H24N6O3/c1-4-32-18(30)10-11-28-23(31)29-21(27-28)19(17-12-14(2)25-15(3)13-17)20(26-22(29)24)16-8-6-5-7-9-16/h5-9,12-13H,4,10-11H2,1-3H3,(H2,24,26). The third-order valence-electron chi connectivity index (χ3n) is 5.01. The maximum absolute atomic E-state index is 13.1. The largest absolute Gasteiger partial charge is 0.466 e. The number of nitrogen functional groups attached to an aromatic ring is 1. The first kappa shape index (κ1) is 21.2. The van der Waals surface area contributed by atoms with E-state index >= 15 is 0 Å². The molecule has 0 saturated heterocycles. The Labute approximate surface area is 184 Å². The van der Waals surface area contributed by atoms with Crippen LogP contribution < -0.4 is 11.4 Å². The van der Waals surface area contributed by atoms with Crippen LogP contribution in [0.5, 0.6) is 0 Å². The van der Waals surface area contributed by atoms with E-state index in [9.17, 15) is 9.59 Å². The molecule has 32 heavy (non-hydrogen) atoms. The highest BCUT2D eigenvalue weighted by molar-refractivity contribution is 5.90. The first-order valence-electron chi connectivity index (χ1n) is 10.3. The average Bonchev–Trinajstić information content (AvgIpc) is 3.09. The molecule has 0 atom stereocenters. The highest BCUT2D eigenvalue weighted by atomic mass is 16.5. The van der Waals surface area contributed by atoms with Crippen LogP contribution in [0.25, 0.3) is 28.0 Å². The predicted molar refractivity (Wildman–Crippen MR) is 121 cm³/mol. The zero-order valence-corrected chi connectivity index (χ0v) is 18.2. The van der Waals surface area contributed by atoms with Crippen LogP contribution in [-0.4, -0.2) is 36.7 Å². The van der Waals surface area contributed by atoms with Crippen molar-refractivity contribution >= 4 is 17.6 Å². The average molecular weight is 432 g/mol. The van der Waals surface area contributed by atoms with Crippen molar-refractivity contribution in [2.45, 2.75) is 33.7 Å². The van der Waals surface area contributed by atoms with Gasteiger partial charge in [-0.2, -0.15) is 0 Å². The molecule has 9 nitrogen and oxygen atoms in total. The second-order valence-corrected chi connectivity index (χ2v) is 7.42. The first-order chi connectivity index (χ1) is 15.4. The molecule has 0 aliphatic rings. The first-order valence-corrected chi connectivity index (χ1v) is 10.3. The van der Waals surface area contributed by atoms with E-state index in [2.05, 4.69) is 15.1 Å². The van der Waals surface area contributed by atoms with Crippen LogP contribution in [-0.2, 0) is 16.1 Å². The third kappa shape index (κ3) is 3.96. The molecular formula is C23H24N6O3. The van der Waals surface area contributed by atoms with Crippen LogP contribution in [0.3, 0.4) is 0 Å².